The normalized spacial score (nSPS) is 12.6. The fraction of sp³-hybridized carbons (Fsp3) is 0.571. The molecule has 1 unspecified atom stereocenters. The van der Waals surface area contributed by atoms with Gasteiger partial charge in [0.05, 0.1) is 16.5 Å². The van der Waals surface area contributed by atoms with E-state index >= 15 is 0 Å². The molecular weight excluding hydrogens is 347 g/mol. The van der Waals surface area contributed by atoms with Gasteiger partial charge in [-0.25, -0.2) is 0 Å². The Kier molecular flexibility index (Phi) is 6.54. The van der Waals surface area contributed by atoms with Gasteiger partial charge in [-0.2, -0.15) is 13.2 Å². The van der Waals surface area contributed by atoms with Crippen molar-refractivity contribution in [2.24, 2.45) is 0 Å². The number of nitro benzene ring substituents is 2. The van der Waals surface area contributed by atoms with E-state index in [1.165, 1.54) is 6.92 Å². The Hall–Kier alpha value is -2.59. The summed E-state index contributed by atoms with van der Waals surface area (Å²) in [5.74, 6) is -1.03. The summed E-state index contributed by atoms with van der Waals surface area (Å²) < 4.78 is 44.5. The molecule has 0 radical (unpaired) electrons. The maximum Gasteiger partial charge on any atom is 0.420 e. The molecule has 1 N–H and O–H groups in total. The van der Waals surface area contributed by atoms with Gasteiger partial charge in [-0.15, -0.1) is 0 Å². The van der Waals surface area contributed by atoms with Gasteiger partial charge in [0, 0.05) is 12.1 Å². The van der Waals surface area contributed by atoms with E-state index in [1.54, 1.807) is 6.92 Å². The summed E-state index contributed by atoms with van der Waals surface area (Å²) in [4.78, 5) is 20.4. The number of halogens is 3. The summed E-state index contributed by atoms with van der Waals surface area (Å²) in [5, 5.41) is 25.2. The Labute approximate surface area is 141 Å². The number of benzene rings is 1. The number of anilines is 1. The third-order valence-corrected chi connectivity index (χ3v) is 3.32. The van der Waals surface area contributed by atoms with Crippen LogP contribution < -0.4 is 10.1 Å². The Morgan fingerprint density at radius 2 is 1.84 bits per heavy atom. The first-order valence-electron chi connectivity index (χ1n) is 7.50. The summed E-state index contributed by atoms with van der Waals surface area (Å²) in [7, 11) is 0. The summed E-state index contributed by atoms with van der Waals surface area (Å²) in [6, 6.07) is -0.160. The Morgan fingerprint density at radius 3 is 2.24 bits per heavy atom. The second-order valence-electron chi connectivity index (χ2n) is 5.28. The molecule has 0 heterocycles. The van der Waals surface area contributed by atoms with Crippen LogP contribution in [0, 0.1) is 20.2 Å². The molecule has 0 bridgehead atoms. The maximum atomic E-state index is 13.2. The number of nitro groups is 2. The average molecular weight is 365 g/mol. The van der Waals surface area contributed by atoms with Crippen LogP contribution >= 0.6 is 0 Å². The fourth-order valence-electron chi connectivity index (χ4n) is 2.35. The van der Waals surface area contributed by atoms with Gasteiger partial charge in [-0.05, 0) is 20.3 Å². The summed E-state index contributed by atoms with van der Waals surface area (Å²) in [6.07, 6.45) is -3.86. The van der Waals surface area contributed by atoms with Gasteiger partial charge in [0.2, 0.25) is 5.75 Å². The fourth-order valence-corrected chi connectivity index (χ4v) is 2.35. The third-order valence-electron chi connectivity index (χ3n) is 3.32. The lowest BCUT2D eigenvalue weighted by molar-refractivity contribution is -0.393. The van der Waals surface area contributed by atoms with Crippen LogP contribution in [0.3, 0.4) is 0 Å². The van der Waals surface area contributed by atoms with Crippen LogP contribution in [0.1, 0.15) is 39.2 Å². The van der Waals surface area contributed by atoms with Crippen molar-refractivity contribution < 1.29 is 27.8 Å². The van der Waals surface area contributed by atoms with Crippen LogP contribution in [0.2, 0.25) is 0 Å². The minimum atomic E-state index is -5.05. The zero-order valence-corrected chi connectivity index (χ0v) is 13.8. The van der Waals surface area contributed by atoms with Gasteiger partial charge in [-0.3, -0.25) is 20.2 Å². The van der Waals surface area contributed by atoms with Crippen molar-refractivity contribution >= 4 is 17.1 Å². The Balaban J connectivity index is 3.80. The zero-order chi connectivity index (χ0) is 19.4. The van der Waals surface area contributed by atoms with Crippen LogP contribution in [-0.4, -0.2) is 22.5 Å². The van der Waals surface area contributed by atoms with Gasteiger partial charge in [0.15, 0.2) is 5.69 Å². The van der Waals surface area contributed by atoms with E-state index in [2.05, 4.69) is 5.32 Å². The number of nitrogens with zero attached hydrogens (tertiary/aromatic N) is 2. The van der Waals surface area contributed by atoms with Crippen molar-refractivity contribution in [3.05, 3.63) is 31.9 Å². The van der Waals surface area contributed by atoms with Crippen molar-refractivity contribution in [3.8, 4) is 5.75 Å². The summed E-state index contributed by atoms with van der Waals surface area (Å²) in [6.45, 7) is 4.54. The van der Waals surface area contributed by atoms with Crippen molar-refractivity contribution in [2.45, 2.75) is 45.8 Å². The van der Waals surface area contributed by atoms with Crippen molar-refractivity contribution in [2.75, 3.05) is 11.9 Å². The minimum Gasteiger partial charge on any atom is -0.487 e. The van der Waals surface area contributed by atoms with Gasteiger partial charge in [0.1, 0.15) is 5.56 Å². The lowest BCUT2D eigenvalue weighted by Crippen LogP contribution is -2.19. The van der Waals surface area contributed by atoms with E-state index in [0.29, 0.717) is 12.8 Å². The molecule has 0 saturated carbocycles. The molecule has 0 fully saturated rings. The molecule has 0 aliphatic heterocycles. The first kappa shape index (κ1) is 20.5. The Bertz CT molecular complexity index is 664. The highest BCUT2D eigenvalue weighted by atomic mass is 19.4. The highest BCUT2D eigenvalue weighted by Crippen LogP contribution is 2.49. The molecule has 1 aromatic rings. The molecule has 25 heavy (non-hydrogen) atoms. The molecule has 0 aliphatic carbocycles. The molecule has 11 heteroatoms. The second-order valence-corrected chi connectivity index (χ2v) is 5.28. The number of hydrogen-bond donors (Lipinski definition) is 1. The predicted octanol–water partition coefficient (Wildman–Crippen LogP) is 4.52. The molecule has 140 valence electrons. The van der Waals surface area contributed by atoms with Gasteiger partial charge >= 0.3 is 11.9 Å². The molecular formula is C14H18F3N3O5. The largest absolute Gasteiger partial charge is 0.487 e. The van der Waals surface area contributed by atoms with Crippen molar-refractivity contribution in [3.63, 3.8) is 0 Å². The van der Waals surface area contributed by atoms with Crippen LogP contribution in [0.25, 0.3) is 0 Å². The quantitative estimate of drug-likeness (QED) is 0.536. The first-order valence-corrected chi connectivity index (χ1v) is 7.50. The topological polar surface area (TPSA) is 108 Å². The van der Waals surface area contributed by atoms with Crippen molar-refractivity contribution in [1.82, 2.24) is 0 Å². The van der Waals surface area contributed by atoms with Crippen LogP contribution in [-0.2, 0) is 6.18 Å². The zero-order valence-electron chi connectivity index (χ0n) is 13.8. The SMILES string of the molecule is CCCC(C)Nc1c([N+](=O)[O-])cc(C(F)(F)F)c(OCC)c1[N+](=O)[O-]. The second kappa shape index (κ2) is 7.99. The molecule has 0 spiro atoms. The molecule has 8 nitrogen and oxygen atoms in total. The van der Waals surface area contributed by atoms with Gasteiger partial charge in [-0.1, -0.05) is 13.3 Å². The molecule has 0 aliphatic rings. The molecule has 1 atom stereocenters. The van der Waals surface area contributed by atoms with E-state index in [1.807, 2.05) is 6.92 Å². The molecule has 0 amide bonds. The van der Waals surface area contributed by atoms with Gasteiger partial charge in [0.25, 0.3) is 5.69 Å². The molecule has 1 aromatic carbocycles. The monoisotopic (exact) mass is 365 g/mol. The minimum absolute atomic E-state index is 0.263. The van der Waals surface area contributed by atoms with E-state index < -0.39 is 50.4 Å². The number of ether oxygens (including phenoxy) is 1. The van der Waals surface area contributed by atoms with E-state index in [4.69, 9.17) is 4.74 Å². The first-order chi connectivity index (χ1) is 11.5. The lowest BCUT2D eigenvalue weighted by atomic mass is 10.1. The van der Waals surface area contributed by atoms with Gasteiger partial charge < -0.3 is 10.1 Å². The number of nitrogens with one attached hydrogen (secondary N) is 1. The molecule has 1 rings (SSSR count). The van der Waals surface area contributed by atoms with E-state index in [0.717, 1.165) is 0 Å². The molecule has 0 aromatic heterocycles. The summed E-state index contributed by atoms with van der Waals surface area (Å²) >= 11 is 0. The highest BCUT2D eigenvalue weighted by molar-refractivity contribution is 5.81. The third kappa shape index (κ3) is 4.70. The van der Waals surface area contributed by atoms with Crippen LogP contribution in [0.15, 0.2) is 6.07 Å². The highest BCUT2D eigenvalue weighted by Gasteiger charge is 2.43. The van der Waals surface area contributed by atoms with E-state index in [-0.39, 0.29) is 12.7 Å². The number of hydrogen-bond acceptors (Lipinski definition) is 6. The smallest absolute Gasteiger partial charge is 0.420 e. The average Bonchev–Trinajstić information content (AvgIpc) is 2.45. The van der Waals surface area contributed by atoms with Crippen molar-refractivity contribution in [1.29, 1.82) is 0 Å². The predicted molar refractivity (Wildman–Crippen MR) is 83.9 cm³/mol. The number of alkyl halides is 3. The lowest BCUT2D eigenvalue weighted by Gasteiger charge is -2.18. The molecule has 0 saturated heterocycles. The summed E-state index contributed by atoms with van der Waals surface area (Å²) in [5.41, 5.74) is -4.26. The number of rotatable bonds is 8. The van der Waals surface area contributed by atoms with Crippen LogP contribution in [0.5, 0.6) is 5.75 Å². The van der Waals surface area contributed by atoms with Crippen LogP contribution in [0.4, 0.5) is 30.2 Å². The standard InChI is InChI=1S/C14H18F3N3O5/c1-4-6-8(3)18-11-10(19(21)22)7-9(14(15,16)17)13(25-5-2)12(11)20(23)24/h7-8,18H,4-6H2,1-3H3. The maximum absolute atomic E-state index is 13.2. The van der Waals surface area contributed by atoms with E-state index in [9.17, 15) is 33.4 Å². The Morgan fingerprint density at radius 1 is 1.24 bits per heavy atom.